The summed E-state index contributed by atoms with van der Waals surface area (Å²) in [6, 6.07) is 5.93. The minimum Gasteiger partial charge on any atom is -0.481 e. The van der Waals surface area contributed by atoms with E-state index in [4.69, 9.17) is 5.11 Å². The van der Waals surface area contributed by atoms with Gasteiger partial charge in [-0.1, -0.05) is 19.1 Å². The summed E-state index contributed by atoms with van der Waals surface area (Å²) in [5, 5.41) is 11.3. The second-order valence-electron chi connectivity index (χ2n) is 4.56. The zero-order valence-corrected chi connectivity index (χ0v) is 11.3. The van der Waals surface area contributed by atoms with Gasteiger partial charge in [-0.2, -0.15) is 0 Å². The number of halogens is 1. The van der Waals surface area contributed by atoms with Crippen molar-refractivity contribution in [2.75, 3.05) is 6.54 Å². The van der Waals surface area contributed by atoms with Crippen LogP contribution in [0, 0.1) is 11.7 Å². The highest BCUT2D eigenvalue weighted by molar-refractivity contribution is 5.91. The van der Waals surface area contributed by atoms with E-state index in [-0.39, 0.29) is 11.7 Å². The smallest absolute Gasteiger partial charge is 0.306 e. The summed E-state index contributed by atoms with van der Waals surface area (Å²) in [5.41, 5.74) is 0.611. The molecule has 1 aromatic rings. The lowest BCUT2D eigenvalue weighted by atomic mass is 10.1. The van der Waals surface area contributed by atoms with Crippen LogP contribution in [0.5, 0.6) is 0 Å². The van der Waals surface area contributed by atoms with Crippen molar-refractivity contribution in [3.05, 3.63) is 41.7 Å². The summed E-state index contributed by atoms with van der Waals surface area (Å²) in [7, 11) is 0. The zero-order valence-electron chi connectivity index (χ0n) is 11.3. The summed E-state index contributed by atoms with van der Waals surface area (Å²) < 4.78 is 12.9. The number of carboxylic acids is 1. The van der Waals surface area contributed by atoms with Gasteiger partial charge in [0.15, 0.2) is 0 Å². The molecule has 0 spiro atoms. The SMILES string of the molecule is CC(CCCNC(=O)/C=C/c1cccc(F)c1)C(=O)O. The van der Waals surface area contributed by atoms with E-state index in [1.54, 1.807) is 19.1 Å². The minimum absolute atomic E-state index is 0.280. The molecule has 0 aromatic heterocycles. The summed E-state index contributed by atoms with van der Waals surface area (Å²) in [6.07, 6.45) is 3.98. The van der Waals surface area contributed by atoms with Gasteiger partial charge in [0.05, 0.1) is 5.92 Å². The maximum Gasteiger partial charge on any atom is 0.306 e. The molecule has 0 fully saturated rings. The molecule has 2 N–H and O–H groups in total. The van der Waals surface area contributed by atoms with Gasteiger partial charge < -0.3 is 10.4 Å². The molecule has 0 radical (unpaired) electrons. The lowest BCUT2D eigenvalue weighted by molar-refractivity contribution is -0.141. The van der Waals surface area contributed by atoms with E-state index in [0.717, 1.165) is 0 Å². The third kappa shape index (κ3) is 6.13. The highest BCUT2D eigenvalue weighted by Crippen LogP contribution is 2.06. The van der Waals surface area contributed by atoms with Crippen molar-refractivity contribution in [1.29, 1.82) is 0 Å². The topological polar surface area (TPSA) is 66.4 Å². The predicted molar refractivity (Wildman–Crippen MR) is 74.5 cm³/mol. The Kier molecular flexibility index (Phi) is 6.43. The Hall–Kier alpha value is -2.17. The second kappa shape index (κ2) is 8.09. The number of carboxylic acid groups (broad SMARTS) is 1. The molecule has 0 saturated heterocycles. The van der Waals surface area contributed by atoms with Crippen LogP contribution in [0.4, 0.5) is 4.39 Å². The van der Waals surface area contributed by atoms with Crippen molar-refractivity contribution >= 4 is 18.0 Å². The van der Waals surface area contributed by atoms with E-state index in [1.165, 1.54) is 24.3 Å². The van der Waals surface area contributed by atoms with Gasteiger partial charge in [0.25, 0.3) is 0 Å². The van der Waals surface area contributed by atoms with Crippen molar-refractivity contribution in [3.63, 3.8) is 0 Å². The summed E-state index contributed by atoms with van der Waals surface area (Å²) in [4.78, 5) is 22.1. The number of amides is 1. The molecule has 108 valence electrons. The average molecular weight is 279 g/mol. The number of benzene rings is 1. The fourth-order valence-corrected chi connectivity index (χ4v) is 1.58. The first-order chi connectivity index (χ1) is 9.49. The molecule has 20 heavy (non-hydrogen) atoms. The molecule has 1 atom stereocenters. The lowest BCUT2D eigenvalue weighted by Crippen LogP contribution is -2.23. The molecule has 5 heteroatoms. The van der Waals surface area contributed by atoms with Gasteiger partial charge >= 0.3 is 5.97 Å². The highest BCUT2D eigenvalue weighted by atomic mass is 19.1. The van der Waals surface area contributed by atoms with Crippen LogP contribution in [0.1, 0.15) is 25.3 Å². The Balaban J connectivity index is 2.28. The number of nitrogens with one attached hydrogen (secondary N) is 1. The van der Waals surface area contributed by atoms with Gasteiger partial charge in [0, 0.05) is 12.6 Å². The number of hydrogen-bond donors (Lipinski definition) is 2. The van der Waals surface area contributed by atoms with E-state index in [1.807, 2.05) is 0 Å². The van der Waals surface area contributed by atoms with Gasteiger partial charge in [-0.05, 0) is 36.6 Å². The lowest BCUT2D eigenvalue weighted by Gasteiger charge is -2.05. The first-order valence-corrected chi connectivity index (χ1v) is 6.43. The molecule has 0 aliphatic carbocycles. The van der Waals surface area contributed by atoms with Crippen LogP contribution >= 0.6 is 0 Å². The first-order valence-electron chi connectivity index (χ1n) is 6.43. The highest BCUT2D eigenvalue weighted by Gasteiger charge is 2.09. The molecule has 1 unspecified atom stereocenters. The van der Waals surface area contributed by atoms with Gasteiger partial charge in [-0.25, -0.2) is 4.39 Å². The first kappa shape index (κ1) is 15.9. The zero-order chi connectivity index (χ0) is 15.0. The Morgan fingerprint density at radius 1 is 1.45 bits per heavy atom. The summed E-state index contributed by atoms with van der Waals surface area (Å²) in [5.74, 6) is -1.87. The summed E-state index contributed by atoms with van der Waals surface area (Å²) >= 11 is 0. The Morgan fingerprint density at radius 3 is 2.85 bits per heavy atom. The molecule has 0 aliphatic heterocycles. The molecule has 1 rings (SSSR count). The Morgan fingerprint density at radius 2 is 2.20 bits per heavy atom. The molecular formula is C15H18FNO3. The van der Waals surface area contributed by atoms with Crippen LogP contribution in [0.2, 0.25) is 0 Å². The molecule has 0 aliphatic rings. The van der Waals surface area contributed by atoms with Crippen LogP contribution < -0.4 is 5.32 Å². The van der Waals surface area contributed by atoms with Crippen LogP contribution in [-0.4, -0.2) is 23.5 Å². The van der Waals surface area contributed by atoms with Crippen molar-refractivity contribution in [1.82, 2.24) is 5.32 Å². The molecule has 0 saturated carbocycles. The fraction of sp³-hybridized carbons (Fsp3) is 0.333. The van der Waals surface area contributed by atoms with E-state index >= 15 is 0 Å². The Bertz CT molecular complexity index is 500. The predicted octanol–water partition coefficient (Wildman–Crippen LogP) is 2.46. The average Bonchev–Trinajstić information content (AvgIpc) is 2.41. The number of aliphatic carboxylic acids is 1. The second-order valence-corrected chi connectivity index (χ2v) is 4.56. The number of carbonyl (C=O) groups excluding carboxylic acids is 1. The van der Waals surface area contributed by atoms with E-state index < -0.39 is 11.9 Å². The molecule has 0 heterocycles. The van der Waals surface area contributed by atoms with Crippen LogP contribution in [0.25, 0.3) is 6.08 Å². The van der Waals surface area contributed by atoms with Crippen molar-refractivity contribution in [2.24, 2.45) is 5.92 Å². The standard InChI is InChI=1S/C15H18FNO3/c1-11(15(19)20)4-3-9-17-14(18)8-7-12-5-2-6-13(16)10-12/h2,5-8,10-11H,3-4,9H2,1H3,(H,17,18)(H,19,20)/b8-7+. The molecule has 4 nitrogen and oxygen atoms in total. The van der Waals surface area contributed by atoms with Gasteiger partial charge in [-0.15, -0.1) is 0 Å². The van der Waals surface area contributed by atoms with Gasteiger partial charge in [0.2, 0.25) is 5.91 Å². The molecular weight excluding hydrogens is 261 g/mol. The molecule has 1 amide bonds. The molecule has 0 bridgehead atoms. The van der Waals surface area contributed by atoms with Crippen molar-refractivity contribution in [3.8, 4) is 0 Å². The van der Waals surface area contributed by atoms with E-state index in [9.17, 15) is 14.0 Å². The van der Waals surface area contributed by atoms with E-state index in [2.05, 4.69) is 5.32 Å². The van der Waals surface area contributed by atoms with Crippen molar-refractivity contribution < 1.29 is 19.1 Å². The van der Waals surface area contributed by atoms with Crippen LogP contribution in [0.3, 0.4) is 0 Å². The number of rotatable bonds is 7. The fourth-order valence-electron chi connectivity index (χ4n) is 1.58. The van der Waals surface area contributed by atoms with Crippen LogP contribution in [0.15, 0.2) is 30.3 Å². The largest absolute Gasteiger partial charge is 0.481 e. The normalized spacial score (nSPS) is 12.3. The maximum atomic E-state index is 12.9. The monoisotopic (exact) mass is 279 g/mol. The van der Waals surface area contributed by atoms with Gasteiger partial charge in [-0.3, -0.25) is 9.59 Å². The minimum atomic E-state index is -0.831. The van der Waals surface area contributed by atoms with Crippen LogP contribution in [-0.2, 0) is 9.59 Å². The Labute approximate surface area is 117 Å². The van der Waals surface area contributed by atoms with Gasteiger partial charge in [0.1, 0.15) is 5.82 Å². The quantitative estimate of drug-likeness (QED) is 0.595. The summed E-state index contributed by atoms with van der Waals surface area (Å²) in [6.45, 7) is 2.05. The third-order valence-electron chi connectivity index (χ3n) is 2.81. The third-order valence-corrected chi connectivity index (χ3v) is 2.81. The van der Waals surface area contributed by atoms with E-state index in [0.29, 0.717) is 24.9 Å². The molecule has 1 aromatic carbocycles. The van der Waals surface area contributed by atoms with Crippen molar-refractivity contribution in [2.45, 2.75) is 19.8 Å². The maximum absolute atomic E-state index is 12.9. The number of hydrogen-bond acceptors (Lipinski definition) is 2. The number of carbonyl (C=O) groups is 2.